The molecule has 0 atom stereocenters. The number of hydrogen-bond acceptors (Lipinski definition) is 4. The standard InChI is InChI=1S/C21H21N3O3/c25-20(23-10-12-27-13-11-23)15-24-21(26)18-9-5-4-8-17(18)19(22-24)14-16-6-2-1-3-7-16/h1-9H,10-15H2. The summed E-state index contributed by atoms with van der Waals surface area (Å²) in [5.74, 6) is -0.103. The van der Waals surface area contributed by atoms with Crippen LogP contribution < -0.4 is 5.56 Å². The van der Waals surface area contributed by atoms with Gasteiger partial charge in [-0.25, -0.2) is 4.68 Å². The Morgan fingerprint density at radius 1 is 0.963 bits per heavy atom. The molecule has 0 spiro atoms. The Morgan fingerprint density at radius 2 is 1.63 bits per heavy atom. The summed E-state index contributed by atoms with van der Waals surface area (Å²) in [7, 11) is 0. The van der Waals surface area contributed by atoms with E-state index in [2.05, 4.69) is 5.10 Å². The Balaban J connectivity index is 1.71. The Morgan fingerprint density at radius 3 is 2.37 bits per heavy atom. The fraction of sp³-hybridized carbons (Fsp3) is 0.286. The number of ether oxygens (including phenoxy) is 1. The van der Waals surface area contributed by atoms with Gasteiger partial charge in [0, 0.05) is 24.9 Å². The minimum atomic E-state index is -0.232. The first kappa shape index (κ1) is 17.4. The molecule has 138 valence electrons. The number of carbonyl (C=O) groups is 1. The molecule has 6 heteroatoms. The number of hydrogen-bond donors (Lipinski definition) is 0. The molecule has 4 rings (SSSR count). The molecule has 6 nitrogen and oxygen atoms in total. The third-order valence-electron chi connectivity index (χ3n) is 4.81. The third-order valence-corrected chi connectivity index (χ3v) is 4.81. The van der Waals surface area contributed by atoms with Crippen LogP contribution in [0.1, 0.15) is 11.3 Å². The molecule has 1 saturated heterocycles. The first-order valence-corrected chi connectivity index (χ1v) is 9.10. The highest BCUT2D eigenvalue weighted by atomic mass is 16.5. The van der Waals surface area contributed by atoms with Gasteiger partial charge in [-0.3, -0.25) is 9.59 Å². The number of morpholine rings is 1. The largest absolute Gasteiger partial charge is 0.378 e. The molecule has 27 heavy (non-hydrogen) atoms. The van der Waals surface area contributed by atoms with Gasteiger partial charge in [0.15, 0.2) is 0 Å². The van der Waals surface area contributed by atoms with E-state index in [1.165, 1.54) is 4.68 Å². The number of aromatic nitrogens is 2. The SMILES string of the molecule is O=C(Cn1nc(Cc2ccccc2)c2ccccc2c1=O)N1CCOCC1. The highest BCUT2D eigenvalue weighted by Crippen LogP contribution is 2.17. The van der Waals surface area contributed by atoms with Gasteiger partial charge in [0.2, 0.25) is 5.91 Å². The van der Waals surface area contributed by atoms with Crippen LogP contribution in [0.15, 0.2) is 59.4 Å². The Bertz CT molecular complexity index is 1010. The predicted octanol–water partition coefficient (Wildman–Crippen LogP) is 1.85. The van der Waals surface area contributed by atoms with E-state index in [4.69, 9.17) is 4.74 Å². The van der Waals surface area contributed by atoms with Crippen molar-refractivity contribution in [3.05, 3.63) is 76.2 Å². The normalized spacial score (nSPS) is 14.4. The van der Waals surface area contributed by atoms with Crippen LogP contribution in [0.5, 0.6) is 0 Å². The molecule has 3 aromatic rings. The van der Waals surface area contributed by atoms with Gasteiger partial charge in [0.1, 0.15) is 6.54 Å². The second kappa shape index (κ2) is 7.72. The van der Waals surface area contributed by atoms with Crippen LogP contribution in [-0.2, 0) is 22.5 Å². The van der Waals surface area contributed by atoms with Crippen molar-refractivity contribution < 1.29 is 9.53 Å². The van der Waals surface area contributed by atoms with Crippen molar-refractivity contribution in [2.75, 3.05) is 26.3 Å². The van der Waals surface area contributed by atoms with Crippen LogP contribution in [0.2, 0.25) is 0 Å². The summed E-state index contributed by atoms with van der Waals surface area (Å²) >= 11 is 0. The maximum Gasteiger partial charge on any atom is 0.275 e. The summed E-state index contributed by atoms with van der Waals surface area (Å²) in [4.78, 5) is 27.2. The zero-order chi connectivity index (χ0) is 18.6. The van der Waals surface area contributed by atoms with E-state index in [0.29, 0.717) is 38.1 Å². The van der Waals surface area contributed by atoms with Crippen LogP contribution in [0.3, 0.4) is 0 Å². The van der Waals surface area contributed by atoms with Crippen molar-refractivity contribution in [2.24, 2.45) is 0 Å². The quantitative estimate of drug-likeness (QED) is 0.710. The number of fused-ring (bicyclic) bond motifs is 1. The first-order chi connectivity index (χ1) is 13.2. The predicted molar refractivity (Wildman–Crippen MR) is 103 cm³/mol. The lowest BCUT2D eigenvalue weighted by molar-refractivity contribution is -0.136. The summed E-state index contributed by atoms with van der Waals surface area (Å²) in [6.45, 7) is 2.12. The van der Waals surface area contributed by atoms with Gasteiger partial charge in [-0.15, -0.1) is 0 Å². The molecule has 2 heterocycles. The molecule has 0 saturated carbocycles. The van der Waals surface area contributed by atoms with E-state index in [1.54, 1.807) is 11.0 Å². The van der Waals surface area contributed by atoms with Crippen molar-refractivity contribution in [1.82, 2.24) is 14.7 Å². The van der Waals surface area contributed by atoms with Gasteiger partial charge >= 0.3 is 0 Å². The van der Waals surface area contributed by atoms with Gasteiger partial charge in [-0.1, -0.05) is 48.5 Å². The lowest BCUT2D eigenvalue weighted by Gasteiger charge is -2.27. The van der Waals surface area contributed by atoms with E-state index in [-0.39, 0.29) is 18.0 Å². The lowest BCUT2D eigenvalue weighted by atomic mass is 10.0. The maximum atomic E-state index is 12.9. The molecule has 2 aromatic carbocycles. The van der Waals surface area contributed by atoms with Crippen LogP contribution in [0.25, 0.3) is 10.8 Å². The summed E-state index contributed by atoms with van der Waals surface area (Å²) in [5.41, 5.74) is 1.68. The highest BCUT2D eigenvalue weighted by Gasteiger charge is 2.19. The van der Waals surface area contributed by atoms with E-state index in [9.17, 15) is 9.59 Å². The Labute approximate surface area is 157 Å². The second-order valence-electron chi connectivity index (χ2n) is 6.61. The van der Waals surface area contributed by atoms with Crippen molar-refractivity contribution in [3.63, 3.8) is 0 Å². The van der Waals surface area contributed by atoms with Crippen molar-refractivity contribution >= 4 is 16.7 Å². The topological polar surface area (TPSA) is 64.4 Å². The fourth-order valence-corrected chi connectivity index (χ4v) is 3.37. The van der Waals surface area contributed by atoms with Gasteiger partial charge in [0.05, 0.1) is 24.3 Å². The zero-order valence-electron chi connectivity index (χ0n) is 15.0. The van der Waals surface area contributed by atoms with Gasteiger partial charge in [0.25, 0.3) is 5.56 Å². The molecule has 1 aromatic heterocycles. The molecule has 1 aliphatic heterocycles. The van der Waals surface area contributed by atoms with E-state index in [0.717, 1.165) is 16.6 Å². The van der Waals surface area contributed by atoms with Gasteiger partial charge < -0.3 is 9.64 Å². The van der Waals surface area contributed by atoms with Crippen LogP contribution in [0.4, 0.5) is 0 Å². The number of nitrogens with zero attached hydrogens (tertiary/aromatic N) is 3. The van der Waals surface area contributed by atoms with E-state index < -0.39 is 0 Å². The van der Waals surface area contributed by atoms with Crippen LogP contribution in [0, 0.1) is 0 Å². The smallest absolute Gasteiger partial charge is 0.275 e. The minimum Gasteiger partial charge on any atom is -0.378 e. The molecule has 0 unspecified atom stereocenters. The van der Waals surface area contributed by atoms with E-state index in [1.807, 2.05) is 48.5 Å². The third kappa shape index (κ3) is 3.75. The monoisotopic (exact) mass is 363 g/mol. The fourth-order valence-electron chi connectivity index (χ4n) is 3.37. The number of amides is 1. The Kier molecular flexibility index (Phi) is 4.98. The van der Waals surface area contributed by atoms with Crippen molar-refractivity contribution in [1.29, 1.82) is 0 Å². The summed E-state index contributed by atoms with van der Waals surface area (Å²) in [6.07, 6.45) is 0.605. The molecule has 1 amide bonds. The highest BCUT2D eigenvalue weighted by molar-refractivity contribution is 5.84. The zero-order valence-corrected chi connectivity index (χ0v) is 15.0. The average Bonchev–Trinajstić information content (AvgIpc) is 2.73. The molecule has 1 fully saturated rings. The number of rotatable bonds is 4. The first-order valence-electron chi connectivity index (χ1n) is 9.10. The molecule has 0 bridgehead atoms. The molecular weight excluding hydrogens is 342 g/mol. The van der Waals surface area contributed by atoms with Crippen molar-refractivity contribution in [3.8, 4) is 0 Å². The van der Waals surface area contributed by atoms with Crippen molar-refractivity contribution in [2.45, 2.75) is 13.0 Å². The Hall–Kier alpha value is -2.99. The average molecular weight is 363 g/mol. The van der Waals surface area contributed by atoms with Gasteiger partial charge in [-0.2, -0.15) is 5.10 Å². The summed E-state index contributed by atoms with van der Waals surface area (Å²) < 4.78 is 6.59. The van der Waals surface area contributed by atoms with E-state index >= 15 is 0 Å². The summed E-state index contributed by atoms with van der Waals surface area (Å²) in [5, 5.41) is 5.98. The minimum absolute atomic E-state index is 0.0501. The van der Waals surface area contributed by atoms with Gasteiger partial charge in [-0.05, 0) is 11.6 Å². The lowest BCUT2D eigenvalue weighted by Crippen LogP contribution is -2.43. The second-order valence-corrected chi connectivity index (χ2v) is 6.61. The van der Waals surface area contributed by atoms with Crippen LogP contribution >= 0.6 is 0 Å². The number of carbonyl (C=O) groups excluding carboxylic acids is 1. The molecule has 0 N–H and O–H groups in total. The molecule has 1 aliphatic rings. The molecule has 0 aliphatic carbocycles. The molecule has 0 radical (unpaired) electrons. The molecular formula is C21H21N3O3. The summed E-state index contributed by atoms with van der Waals surface area (Å²) in [6, 6.07) is 17.4. The maximum absolute atomic E-state index is 12.9. The number of benzene rings is 2. The van der Waals surface area contributed by atoms with Crippen LogP contribution in [-0.4, -0.2) is 46.9 Å².